The maximum Gasteiger partial charge on any atom is 0.401 e. The molecule has 0 aromatic heterocycles. The standard InChI is InChI=1S/C13H14ClN2O/c1-4-15-13(14)16(10(2)3)12-7-5-11(9-17)6-8-12/h4-9H,1H2,2-3H3/q+1. The van der Waals surface area contributed by atoms with Gasteiger partial charge in [0.25, 0.3) is 0 Å². The van der Waals surface area contributed by atoms with E-state index in [0.717, 1.165) is 17.7 Å². The summed E-state index contributed by atoms with van der Waals surface area (Å²) in [4.78, 5) is 14.5. The first-order valence-electron chi connectivity index (χ1n) is 5.10. The van der Waals surface area contributed by atoms with E-state index in [1.165, 1.54) is 6.20 Å². The summed E-state index contributed by atoms with van der Waals surface area (Å²) in [6.45, 7) is 7.36. The molecule has 0 aliphatic heterocycles. The Kier molecular flexibility index (Phi) is 4.79. The van der Waals surface area contributed by atoms with Crippen LogP contribution in [-0.4, -0.2) is 21.9 Å². The monoisotopic (exact) mass is 249 g/mol. The Hall–Kier alpha value is -1.74. The largest absolute Gasteiger partial charge is 0.401 e. The molecule has 0 unspecified atom stereocenters. The molecule has 3 nitrogen and oxygen atoms in total. The third-order valence-corrected chi connectivity index (χ3v) is 2.38. The van der Waals surface area contributed by atoms with Crippen molar-refractivity contribution in [3.05, 3.63) is 42.6 Å². The molecule has 0 saturated carbocycles. The smallest absolute Gasteiger partial charge is 0.298 e. The van der Waals surface area contributed by atoms with E-state index >= 15 is 0 Å². The summed E-state index contributed by atoms with van der Waals surface area (Å²) in [7, 11) is 0. The molecular weight excluding hydrogens is 236 g/mol. The van der Waals surface area contributed by atoms with Crippen molar-refractivity contribution in [1.82, 2.24) is 0 Å². The van der Waals surface area contributed by atoms with Gasteiger partial charge in [0, 0.05) is 17.2 Å². The molecule has 0 spiro atoms. The van der Waals surface area contributed by atoms with E-state index < -0.39 is 0 Å². The van der Waals surface area contributed by atoms with Crippen LogP contribution in [0.15, 0.2) is 42.0 Å². The van der Waals surface area contributed by atoms with Crippen LogP contribution < -0.4 is 0 Å². The second kappa shape index (κ2) is 6.11. The van der Waals surface area contributed by atoms with Crippen LogP contribution in [0.25, 0.3) is 0 Å². The van der Waals surface area contributed by atoms with Gasteiger partial charge in [-0.2, -0.15) is 4.58 Å². The van der Waals surface area contributed by atoms with E-state index in [0.29, 0.717) is 10.9 Å². The molecule has 0 atom stereocenters. The number of halogens is 1. The summed E-state index contributed by atoms with van der Waals surface area (Å²) in [6.07, 6.45) is 2.19. The Bertz CT molecular complexity index is 483. The second-order valence-corrected chi connectivity index (χ2v) is 3.91. The first-order chi connectivity index (χ1) is 8.10. The van der Waals surface area contributed by atoms with Crippen molar-refractivity contribution in [3.63, 3.8) is 0 Å². The lowest BCUT2D eigenvalue weighted by atomic mass is 10.2. The maximum atomic E-state index is 10.6. The quantitative estimate of drug-likeness (QED) is 0.266. The van der Waals surface area contributed by atoms with Gasteiger partial charge in [0.1, 0.15) is 18.2 Å². The molecule has 0 amide bonds. The van der Waals surface area contributed by atoms with Crippen LogP contribution in [0.3, 0.4) is 0 Å². The van der Waals surface area contributed by atoms with Crippen LogP contribution in [0.5, 0.6) is 0 Å². The van der Waals surface area contributed by atoms with Gasteiger partial charge < -0.3 is 0 Å². The molecule has 0 aliphatic carbocycles. The van der Waals surface area contributed by atoms with Crippen molar-refractivity contribution in [2.45, 2.75) is 13.8 Å². The summed E-state index contributed by atoms with van der Waals surface area (Å²) in [5, 5.41) is 0.318. The topological polar surface area (TPSA) is 32.4 Å². The van der Waals surface area contributed by atoms with E-state index in [1.807, 2.05) is 26.0 Å². The Labute approximate surface area is 106 Å². The molecule has 0 bridgehead atoms. The van der Waals surface area contributed by atoms with Gasteiger partial charge in [-0.1, -0.05) is 6.58 Å². The Morgan fingerprint density at radius 2 is 1.94 bits per heavy atom. The molecule has 0 aliphatic rings. The van der Waals surface area contributed by atoms with Gasteiger partial charge in [0.15, 0.2) is 0 Å². The normalized spacial score (nSPS) is 10.9. The van der Waals surface area contributed by atoms with Crippen molar-refractivity contribution >= 4 is 34.6 Å². The highest BCUT2D eigenvalue weighted by Gasteiger charge is 2.15. The summed E-state index contributed by atoms with van der Waals surface area (Å²) in [6, 6.07) is 7.10. The molecule has 4 heteroatoms. The average molecular weight is 250 g/mol. The molecule has 1 rings (SSSR count). The van der Waals surface area contributed by atoms with E-state index in [-0.39, 0.29) is 0 Å². The number of nitrogens with zero attached hydrogens (tertiary/aromatic N) is 2. The van der Waals surface area contributed by atoms with E-state index in [1.54, 1.807) is 16.7 Å². The first kappa shape index (κ1) is 13.3. The van der Waals surface area contributed by atoms with E-state index in [4.69, 9.17) is 11.6 Å². The lowest BCUT2D eigenvalue weighted by Gasteiger charge is -2.04. The minimum absolute atomic E-state index is 0.318. The number of hydrogen-bond acceptors (Lipinski definition) is 2. The number of benzene rings is 1. The van der Waals surface area contributed by atoms with Crippen LogP contribution in [0.4, 0.5) is 5.69 Å². The van der Waals surface area contributed by atoms with Gasteiger partial charge in [-0.05, 0) is 43.1 Å². The zero-order valence-corrected chi connectivity index (χ0v) is 10.6. The Morgan fingerprint density at radius 1 is 1.35 bits per heavy atom. The maximum absolute atomic E-state index is 10.6. The molecule has 17 heavy (non-hydrogen) atoms. The van der Waals surface area contributed by atoms with Crippen LogP contribution in [0, 0.1) is 0 Å². The zero-order chi connectivity index (χ0) is 12.8. The van der Waals surface area contributed by atoms with Crippen molar-refractivity contribution in [3.8, 4) is 0 Å². The van der Waals surface area contributed by atoms with Crippen LogP contribution in [0.2, 0.25) is 0 Å². The number of rotatable bonds is 3. The predicted molar refractivity (Wildman–Crippen MR) is 71.6 cm³/mol. The third kappa shape index (κ3) is 3.36. The summed E-state index contributed by atoms with van der Waals surface area (Å²) >= 11 is 6.06. The van der Waals surface area contributed by atoms with Gasteiger partial charge in [-0.3, -0.25) is 4.79 Å². The first-order valence-corrected chi connectivity index (χ1v) is 5.47. The molecule has 0 N–H and O–H groups in total. The molecule has 0 heterocycles. The number of aldehydes is 1. The number of carbonyl (C=O) groups is 1. The Morgan fingerprint density at radius 3 is 2.35 bits per heavy atom. The number of hydrogen-bond donors (Lipinski definition) is 0. The van der Waals surface area contributed by atoms with Gasteiger partial charge in [0.05, 0.1) is 5.71 Å². The lowest BCUT2D eigenvalue weighted by Crippen LogP contribution is -2.15. The van der Waals surface area contributed by atoms with Gasteiger partial charge in [-0.15, -0.1) is 0 Å². The van der Waals surface area contributed by atoms with Gasteiger partial charge >= 0.3 is 5.29 Å². The molecule has 0 radical (unpaired) electrons. The number of carbonyl (C=O) groups excluding carboxylic acids is 1. The average Bonchev–Trinajstić information content (AvgIpc) is 2.30. The number of amidine groups is 1. The van der Waals surface area contributed by atoms with Crippen LogP contribution in [-0.2, 0) is 0 Å². The Balaban J connectivity index is 3.25. The fraction of sp³-hybridized carbons (Fsp3) is 0.154. The van der Waals surface area contributed by atoms with Crippen molar-refractivity contribution in [2.75, 3.05) is 0 Å². The van der Waals surface area contributed by atoms with Crippen molar-refractivity contribution < 1.29 is 9.37 Å². The third-order valence-electron chi connectivity index (χ3n) is 2.12. The van der Waals surface area contributed by atoms with E-state index in [9.17, 15) is 4.79 Å². The van der Waals surface area contributed by atoms with Crippen LogP contribution >= 0.6 is 11.6 Å². The predicted octanol–water partition coefficient (Wildman–Crippen LogP) is 3.36. The molecule has 0 fully saturated rings. The van der Waals surface area contributed by atoms with Gasteiger partial charge in [-0.25, -0.2) is 0 Å². The molecule has 1 aromatic rings. The van der Waals surface area contributed by atoms with Crippen molar-refractivity contribution in [2.24, 2.45) is 4.99 Å². The zero-order valence-electron chi connectivity index (χ0n) is 9.85. The van der Waals surface area contributed by atoms with Gasteiger partial charge in [0.2, 0.25) is 0 Å². The molecule has 88 valence electrons. The summed E-state index contributed by atoms with van der Waals surface area (Å²) in [5.74, 6) is 0. The highest BCUT2D eigenvalue weighted by Crippen LogP contribution is 2.15. The minimum atomic E-state index is 0.318. The van der Waals surface area contributed by atoms with Crippen molar-refractivity contribution in [1.29, 1.82) is 0 Å². The second-order valence-electron chi connectivity index (χ2n) is 3.57. The highest BCUT2D eigenvalue weighted by atomic mass is 35.5. The molecule has 0 saturated heterocycles. The minimum Gasteiger partial charge on any atom is -0.298 e. The lowest BCUT2D eigenvalue weighted by molar-refractivity contribution is -0.301. The fourth-order valence-corrected chi connectivity index (χ4v) is 1.72. The molecule has 1 aromatic carbocycles. The van der Waals surface area contributed by atoms with Crippen LogP contribution in [0.1, 0.15) is 24.2 Å². The number of aliphatic imine (C=N–C) groups is 1. The summed E-state index contributed by atoms with van der Waals surface area (Å²) in [5.41, 5.74) is 2.45. The molecular formula is C13H14ClN2O+. The van der Waals surface area contributed by atoms with E-state index in [2.05, 4.69) is 11.6 Å². The summed E-state index contributed by atoms with van der Waals surface area (Å²) < 4.78 is 1.78. The fourth-order valence-electron chi connectivity index (χ4n) is 1.38. The highest BCUT2D eigenvalue weighted by molar-refractivity contribution is 6.62. The SMILES string of the molecule is C=CN=C(Cl)[N+](=C(C)C)c1ccc(C=O)cc1.